The summed E-state index contributed by atoms with van der Waals surface area (Å²) in [5.41, 5.74) is 2.49. The van der Waals surface area contributed by atoms with Gasteiger partial charge in [0.25, 0.3) is 0 Å². The number of aromatic nitrogens is 1. The van der Waals surface area contributed by atoms with Crippen LogP contribution in [0.3, 0.4) is 0 Å². The SMILES string of the molecule is O=C(CNC(=O)C(Cc1ccccc1)NC(=O)C1CCCN1)NC(Cc1c[nH]c2ccccc12)C(=O)O. The number of aliphatic carboxylic acids is 1. The van der Waals surface area contributed by atoms with Gasteiger partial charge in [0.2, 0.25) is 17.7 Å². The summed E-state index contributed by atoms with van der Waals surface area (Å²) in [5.74, 6) is -2.59. The molecule has 3 amide bonds. The van der Waals surface area contributed by atoms with E-state index in [-0.39, 0.29) is 24.8 Å². The number of amides is 3. The van der Waals surface area contributed by atoms with Crippen molar-refractivity contribution < 1.29 is 24.3 Å². The average molecular weight is 506 g/mol. The molecule has 3 aromatic rings. The molecule has 10 nitrogen and oxygen atoms in total. The second-order valence-electron chi connectivity index (χ2n) is 9.14. The standard InChI is InChI=1S/C27H31N5O5/c33-24(31-23(27(36)37)14-18-15-29-20-10-5-4-9-19(18)20)16-30-25(34)22(13-17-7-2-1-3-8-17)32-26(35)21-11-6-12-28-21/h1-5,7-10,15,21-23,28-29H,6,11-14,16H2,(H,30,34)(H,31,33)(H,32,35)(H,36,37). The van der Waals surface area contributed by atoms with E-state index in [9.17, 15) is 24.3 Å². The van der Waals surface area contributed by atoms with E-state index in [2.05, 4.69) is 26.3 Å². The molecule has 3 unspecified atom stereocenters. The lowest BCUT2D eigenvalue weighted by Gasteiger charge is -2.21. The number of carboxylic acids is 1. The fourth-order valence-electron chi connectivity index (χ4n) is 4.50. The Labute approximate surface area is 214 Å². The third-order valence-corrected chi connectivity index (χ3v) is 6.45. The lowest BCUT2D eigenvalue weighted by atomic mass is 10.0. The molecule has 0 spiro atoms. The first-order valence-electron chi connectivity index (χ1n) is 12.3. The van der Waals surface area contributed by atoms with E-state index in [1.807, 2.05) is 54.6 Å². The molecule has 2 heterocycles. The number of carbonyl (C=O) groups is 4. The summed E-state index contributed by atoms with van der Waals surface area (Å²) >= 11 is 0. The third kappa shape index (κ3) is 6.95. The van der Waals surface area contributed by atoms with Crippen LogP contribution in [-0.4, -0.2) is 65.0 Å². The highest BCUT2D eigenvalue weighted by molar-refractivity contribution is 5.93. The number of hydrogen-bond donors (Lipinski definition) is 6. The van der Waals surface area contributed by atoms with Gasteiger partial charge < -0.3 is 31.4 Å². The quantitative estimate of drug-likeness (QED) is 0.228. The van der Waals surface area contributed by atoms with E-state index >= 15 is 0 Å². The van der Waals surface area contributed by atoms with Crippen molar-refractivity contribution in [3.8, 4) is 0 Å². The van der Waals surface area contributed by atoms with E-state index in [0.29, 0.717) is 6.42 Å². The van der Waals surface area contributed by atoms with Gasteiger partial charge in [-0.25, -0.2) is 4.79 Å². The maximum atomic E-state index is 13.0. The Hall–Kier alpha value is -4.18. The third-order valence-electron chi connectivity index (χ3n) is 6.45. The summed E-state index contributed by atoms with van der Waals surface area (Å²) in [6.07, 6.45) is 3.65. The van der Waals surface area contributed by atoms with Gasteiger partial charge in [-0.15, -0.1) is 0 Å². The number of nitrogens with one attached hydrogen (secondary N) is 5. The van der Waals surface area contributed by atoms with E-state index in [1.54, 1.807) is 6.20 Å². The van der Waals surface area contributed by atoms with Crippen LogP contribution in [0, 0.1) is 0 Å². The van der Waals surface area contributed by atoms with Crippen molar-refractivity contribution in [1.29, 1.82) is 0 Å². The molecule has 1 aromatic heterocycles. The summed E-state index contributed by atoms with van der Waals surface area (Å²) in [7, 11) is 0. The highest BCUT2D eigenvalue weighted by Crippen LogP contribution is 2.19. The molecule has 10 heteroatoms. The molecule has 0 saturated carbocycles. The van der Waals surface area contributed by atoms with E-state index in [1.165, 1.54) is 0 Å². The number of hydrogen-bond acceptors (Lipinski definition) is 5. The normalized spacial score (nSPS) is 16.6. The van der Waals surface area contributed by atoms with Crippen molar-refractivity contribution in [2.75, 3.05) is 13.1 Å². The van der Waals surface area contributed by atoms with Crippen molar-refractivity contribution in [2.24, 2.45) is 0 Å². The van der Waals surface area contributed by atoms with E-state index < -0.39 is 36.4 Å². The first-order chi connectivity index (χ1) is 17.9. The topological polar surface area (TPSA) is 152 Å². The minimum atomic E-state index is -1.18. The zero-order valence-electron chi connectivity index (χ0n) is 20.3. The van der Waals surface area contributed by atoms with Crippen LogP contribution < -0.4 is 21.3 Å². The van der Waals surface area contributed by atoms with Gasteiger partial charge in [0.15, 0.2) is 0 Å². The molecular formula is C27H31N5O5. The van der Waals surface area contributed by atoms with Gasteiger partial charge in [-0.05, 0) is 36.6 Å². The molecule has 0 radical (unpaired) electrons. The smallest absolute Gasteiger partial charge is 0.326 e. The number of carbonyl (C=O) groups excluding carboxylic acids is 3. The van der Waals surface area contributed by atoms with Gasteiger partial charge >= 0.3 is 5.97 Å². The van der Waals surface area contributed by atoms with Crippen molar-refractivity contribution in [1.82, 2.24) is 26.3 Å². The van der Waals surface area contributed by atoms with Crippen molar-refractivity contribution >= 4 is 34.6 Å². The van der Waals surface area contributed by atoms with Crippen LogP contribution in [0.4, 0.5) is 0 Å². The molecule has 0 aliphatic carbocycles. The van der Waals surface area contributed by atoms with Gasteiger partial charge in [-0.2, -0.15) is 0 Å². The summed E-state index contributed by atoms with van der Waals surface area (Å²) in [6.45, 7) is 0.330. The first-order valence-corrected chi connectivity index (χ1v) is 12.3. The maximum Gasteiger partial charge on any atom is 0.326 e. The predicted molar refractivity (Wildman–Crippen MR) is 138 cm³/mol. The van der Waals surface area contributed by atoms with Gasteiger partial charge in [0, 0.05) is 29.9 Å². The van der Waals surface area contributed by atoms with Crippen LogP contribution in [0.15, 0.2) is 60.8 Å². The number of aromatic amines is 1. The Balaban J connectivity index is 1.35. The zero-order valence-corrected chi connectivity index (χ0v) is 20.3. The highest BCUT2D eigenvalue weighted by Gasteiger charge is 2.28. The lowest BCUT2D eigenvalue weighted by molar-refractivity contribution is -0.141. The molecule has 1 aliphatic rings. The molecule has 3 atom stereocenters. The van der Waals surface area contributed by atoms with Crippen LogP contribution in [0.1, 0.15) is 24.0 Å². The molecule has 37 heavy (non-hydrogen) atoms. The molecule has 6 N–H and O–H groups in total. The van der Waals surface area contributed by atoms with Gasteiger partial charge in [0.1, 0.15) is 12.1 Å². The number of para-hydroxylation sites is 1. The molecule has 1 aliphatic heterocycles. The van der Waals surface area contributed by atoms with Crippen molar-refractivity contribution in [3.05, 3.63) is 71.9 Å². The molecule has 4 rings (SSSR count). The second-order valence-corrected chi connectivity index (χ2v) is 9.14. The molecule has 0 bridgehead atoms. The van der Waals surface area contributed by atoms with E-state index in [4.69, 9.17) is 0 Å². The summed E-state index contributed by atoms with van der Waals surface area (Å²) in [6, 6.07) is 14.4. The van der Waals surface area contributed by atoms with Gasteiger partial charge in [-0.1, -0.05) is 48.5 Å². The highest BCUT2D eigenvalue weighted by atomic mass is 16.4. The monoisotopic (exact) mass is 505 g/mol. The summed E-state index contributed by atoms with van der Waals surface area (Å²) in [4.78, 5) is 53.1. The summed E-state index contributed by atoms with van der Waals surface area (Å²) in [5, 5.41) is 21.5. The number of carboxylic acid groups (broad SMARTS) is 1. The molecule has 2 aromatic carbocycles. The van der Waals surface area contributed by atoms with Crippen LogP contribution >= 0.6 is 0 Å². The lowest BCUT2D eigenvalue weighted by Crippen LogP contribution is -2.54. The molecule has 1 saturated heterocycles. The van der Waals surface area contributed by atoms with Crippen LogP contribution in [0.2, 0.25) is 0 Å². The fourth-order valence-corrected chi connectivity index (χ4v) is 4.50. The zero-order chi connectivity index (χ0) is 26.2. The van der Waals surface area contributed by atoms with Crippen LogP contribution in [0.5, 0.6) is 0 Å². The molecule has 1 fully saturated rings. The van der Waals surface area contributed by atoms with E-state index in [0.717, 1.165) is 35.0 Å². The Kier molecular flexibility index (Phi) is 8.52. The van der Waals surface area contributed by atoms with Crippen molar-refractivity contribution in [3.63, 3.8) is 0 Å². The number of fused-ring (bicyclic) bond motifs is 1. The second kappa shape index (κ2) is 12.2. The van der Waals surface area contributed by atoms with Gasteiger partial charge in [0.05, 0.1) is 12.6 Å². The largest absolute Gasteiger partial charge is 0.480 e. The summed E-state index contributed by atoms with van der Waals surface area (Å²) < 4.78 is 0. The Bertz CT molecular complexity index is 1250. The molecule has 194 valence electrons. The fraction of sp³-hybridized carbons (Fsp3) is 0.333. The Morgan fingerprint density at radius 1 is 0.946 bits per heavy atom. The Morgan fingerprint density at radius 2 is 1.70 bits per heavy atom. The number of benzene rings is 2. The van der Waals surface area contributed by atoms with Gasteiger partial charge in [-0.3, -0.25) is 14.4 Å². The minimum Gasteiger partial charge on any atom is -0.480 e. The van der Waals surface area contributed by atoms with Crippen LogP contribution in [-0.2, 0) is 32.0 Å². The number of rotatable bonds is 11. The molecular weight excluding hydrogens is 474 g/mol. The Morgan fingerprint density at radius 3 is 2.43 bits per heavy atom. The maximum absolute atomic E-state index is 13.0. The number of H-pyrrole nitrogens is 1. The first kappa shape index (κ1) is 25.9. The average Bonchev–Trinajstić information content (AvgIpc) is 3.58. The van der Waals surface area contributed by atoms with Crippen molar-refractivity contribution in [2.45, 2.75) is 43.8 Å². The minimum absolute atomic E-state index is 0.0834. The van der Waals surface area contributed by atoms with Crippen LogP contribution in [0.25, 0.3) is 10.9 Å². The predicted octanol–water partition coefficient (Wildman–Crippen LogP) is 0.876.